The predicted molar refractivity (Wildman–Crippen MR) is 71.0 cm³/mol. The van der Waals surface area contributed by atoms with Gasteiger partial charge in [0.15, 0.2) is 0 Å². The third-order valence-corrected chi connectivity index (χ3v) is 5.41. The molecule has 3 aliphatic carbocycles. The fraction of sp³-hybridized carbons (Fsp3) is 0.857. The summed E-state index contributed by atoms with van der Waals surface area (Å²) in [5.74, 6) is 2.96. The highest BCUT2D eigenvalue weighted by molar-refractivity contribution is 5.85. The van der Waals surface area contributed by atoms with E-state index in [1.54, 1.807) is 0 Å². The molecule has 0 aromatic rings. The van der Waals surface area contributed by atoms with E-state index in [-0.39, 0.29) is 24.9 Å². The van der Waals surface area contributed by atoms with Crippen molar-refractivity contribution in [3.05, 3.63) is 0 Å². The van der Waals surface area contributed by atoms with Gasteiger partial charge in [-0.25, -0.2) is 0 Å². The molecule has 2 bridgehead atoms. The molecule has 4 N–H and O–H groups in total. The van der Waals surface area contributed by atoms with Gasteiger partial charge in [0.2, 0.25) is 11.8 Å². The minimum absolute atomic E-state index is 0.0536. The average molecular weight is 265 g/mol. The summed E-state index contributed by atoms with van der Waals surface area (Å²) in [7, 11) is 0. The Morgan fingerprint density at radius 3 is 2.63 bits per heavy atom. The van der Waals surface area contributed by atoms with Crippen molar-refractivity contribution in [2.24, 2.45) is 29.4 Å². The Labute approximate surface area is 113 Å². The van der Waals surface area contributed by atoms with Gasteiger partial charge in [0.05, 0.1) is 13.1 Å². The first-order valence-corrected chi connectivity index (χ1v) is 7.45. The topological polar surface area (TPSA) is 84.2 Å². The molecule has 0 saturated heterocycles. The fourth-order valence-electron chi connectivity index (χ4n) is 4.74. The van der Waals surface area contributed by atoms with E-state index in [0.717, 1.165) is 24.2 Å². The SMILES string of the molecule is NCC(=O)NCC(=O)NC1CC2CC1C1CCCC21. The van der Waals surface area contributed by atoms with Gasteiger partial charge in [0, 0.05) is 6.04 Å². The van der Waals surface area contributed by atoms with Crippen LogP contribution in [0.4, 0.5) is 0 Å². The number of nitrogens with one attached hydrogen (secondary N) is 2. The Morgan fingerprint density at radius 1 is 1.05 bits per heavy atom. The van der Waals surface area contributed by atoms with Gasteiger partial charge in [-0.3, -0.25) is 9.59 Å². The summed E-state index contributed by atoms with van der Waals surface area (Å²) in [4.78, 5) is 22.8. The molecule has 0 spiro atoms. The normalized spacial score (nSPS) is 39.1. The molecule has 106 valence electrons. The summed E-state index contributed by atoms with van der Waals surface area (Å²) in [6, 6.07) is 0.339. The molecule has 5 unspecified atom stereocenters. The van der Waals surface area contributed by atoms with Crippen LogP contribution in [0.2, 0.25) is 0 Å². The monoisotopic (exact) mass is 265 g/mol. The maximum atomic E-state index is 11.8. The first-order valence-electron chi connectivity index (χ1n) is 7.45. The minimum Gasteiger partial charge on any atom is -0.352 e. The number of rotatable bonds is 4. The van der Waals surface area contributed by atoms with Gasteiger partial charge in [-0.05, 0) is 49.4 Å². The molecule has 3 saturated carbocycles. The highest BCUT2D eigenvalue weighted by Gasteiger charge is 2.53. The summed E-state index contributed by atoms with van der Waals surface area (Å²) in [5, 5.41) is 5.63. The van der Waals surface area contributed by atoms with E-state index in [0.29, 0.717) is 12.0 Å². The molecule has 5 atom stereocenters. The third-order valence-electron chi connectivity index (χ3n) is 5.41. The van der Waals surface area contributed by atoms with Crippen molar-refractivity contribution in [2.45, 2.75) is 38.1 Å². The summed E-state index contributed by atoms with van der Waals surface area (Å²) in [6.45, 7) is -0.0107. The van der Waals surface area contributed by atoms with Crippen LogP contribution in [0, 0.1) is 23.7 Å². The first-order chi connectivity index (χ1) is 9.19. The lowest BCUT2D eigenvalue weighted by Crippen LogP contribution is -2.47. The van der Waals surface area contributed by atoms with E-state index < -0.39 is 0 Å². The molecular weight excluding hydrogens is 242 g/mol. The van der Waals surface area contributed by atoms with Crippen LogP contribution in [0.15, 0.2) is 0 Å². The summed E-state index contributed by atoms with van der Waals surface area (Å²) >= 11 is 0. The van der Waals surface area contributed by atoms with E-state index in [9.17, 15) is 9.59 Å². The number of hydrogen-bond acceptors (Lipinski definition) is 3. The van der Waals surface area contributed by atoms with E-state index >= 15 is 0 Å². The van der Waals surface area contributed by atoms with Gasteiger partial charge in [-0.2, -0.15) is 0 Å². The zero-order chi connectivity index (χ0) is 13.4. The van der Waals surface area contributed by atoms with E-state index in [1.165, 1.54) is 25.7 Å². The molecule has 0 aromatic carbocycles. The third kappa shape index (κ3) is 2.36. The lowest BCUT2D eigenvalue weighted by molar-refractivity contribution is -0.126. The summed E-state index contributed by atoms with van der Waals surface area (Å²) in [6.07, 6.45) is 6.56. The van der Waals surface area contributed by atoms with Gasteiger partial charge in [0.25, 0.3) is 0 Å². The molecule has 3 rings (SSSR count). The molecule has 3 aliphatic rings. The largest absolute Gasteiger partial charge is 0.352 e. The van der Waals surface area contributed by atoms with Crippen LogP contribution < -0.4 is 16.4 Å². The first kappa shape index (κ1) is 12.9. The Morgan fingerprint density at radius 2 is 1.84 bits per heavy atom. The van der Waals surface area contributed by atoms with Gasteiger partial charge >= 0.3 is 0 Å². The van der Waals surface area contributed by atoms with Crippen LogP contribution in [0.1, 0.15) is 32.1 Å². The second-order valence-electron chi connectivity index (χ2n) is 6.31. The zero-order valence-corrected chi connectivity index (χ0v) is 11.2. The Bertz CT molecular complexity index is 385. The number of nitrogens with two attached hydrogens (primary N) is 1. The molecule has 0 radical (unpaired) electrons. The van der Waals surface area contributed by atoms with Crippen molar-refractivity contribution in [1.82, 2.24) is 10.6 Å². The standard InChI is InChI=1S/C14H23N3O2/c15-6-13(18)16-7-14(19)17-12-5-8-4-11(12)10-3-1-2-9(8)10/h8-12H,1-7,15H2,(H,16,18)(H,17,19). The van der Waals surface area contributed by atoms with Crippen molar-refractivity contribution < 1.29 is 9.59 Å². The van der Waals surface area contributed by atoms with E-state index in [1.807, 2.05) is 0 Å². The fourth-order valence-corrected chi connectivity index (χ4v) is 4.74. The number of carbonyl (C=O) groups excluding carboxylic acids is 2. The van der Waals surface area contributed by atoms with Crippen molar-refractivity contribution in [3.8, 4) is 0 Å². The summed E-state index contributed by atoms with van der Waals surface area (Å²) < 4.78 is 0. The summed E-state index contributed by atoms with van der Waals surface area (Å²) in [5.41, 5.74) is 5.19. The van der Waals surface area contributed by atoms with Crippen molar-refractivity contribution >= 4 is 11.8 Å². The van der Waals surface area contributed by atoms with Crippen LogP contribution >= 0.6 is 0 Å². The van der Waals surface area contributed by atoms with E-state index in [4.69, 9.17) is 5.73 Å². The average Bonchev–Trinajstić information content (AvgIpc) is 3.07. The zero-order valence-electron chi connectivity index (χ0n) is 11.2. The second kappa shape index (κ2) is 5.12. The van der Waals surface area contributed by atoms with Gasteiger partial charge in [0.1, 0.15) is 0 Å². The van der Waals surface area contributed by atoms with Crippen molar-refractivity contribution in [2.75, 3.05) is 13.1 Å². The van der Waals surface area contributed by atoms with Gasteiger partial charge in [-0.15, -0.1) is 0 Å². The number of fused-ring (bicyclic) bond motifs is 5. The molecule has 5 nitrogen and oxygen atoms in total. The molecule has 5 heteroatoms. The lowest BCUT2D eigenvalue weighted by atomic mass is 9.79. The van der Waals surface area contributed by atoms with Gasteiger partial charge in [-0.1, -0.05) is 6.42 Å². The Hall–Kier alpha value is -1.10. The molecule has 0 aromatic heterocycles. The highest BCUT2D eigenvalue weighted by atomic mass is 16.2. The Kier molecular flexibility index (Phi) is 3.48. The predicted octanol–water partition coefficient (Wildman–Crippen LogP) is 0.00220. The molecule has 2 amide bonds. The number of carbonyl (C=O) groups is 2. The quantitative estimate of drug-likeness (QED) is 0.669. The van der Waals surface area contributed by atoms with Crippen LogP contribution in [0.5, 0.6) is 0 Å². The maximum Gasteiger partial charge on any atom is 0.239 e. The maximum absolute atomic E-state index is 11.8. The molecule has 0 aliphatic heterocycles. The van der Waals surface area contributed by atoms with Crippen LogP contribution in [0.3, 0.4) is 0 Å². The highest BCUT2D eigenvalue weighted by Crippen LogP contribution is 2.58. The second-order valence-corrected chi connectivity index (χ2v) is 6.31. The van der Waals surface area contributed by atoms with Crippen LogP contribution in [0.25, 0.3) is 0 Å². The number of amides is 2. The molecule has 3 fully saturated rings. The van der Waals surface area contributed by atoms with Crippen molar-refractivity contribution in [1.29, 1.82) is 0 Å². The molecule has 19 heavy (non-hydrogen) atoms. The Balaban J connectivity index is 1.49. The van der Waals surface area contributed by atoms with Gasteiger partial charge < -0.3 is 16.4 Å². The lowest BCUT2D eigenvalue weighted by Gasteiger charge is -2.32. The number of hydrogen-bond donors (Lipinski definition) is 3. The van der Waals surface area contributed by atoms with Crippen LogP contribution in [-0.4, -0.2) is 30.9 Å². The van der Waals surface area contributed by atoms with E-state index in [2.05, 4.69) is 10.6 Å². The molecule has 0 heterocycles. The smallest absolute Gasteiger partial charge is 0.239 e. The van der Waals surface area contributed by atoms with Crippen LogP contribution in [-0.2, 0) is 9.59 Å². The molecular formula is C14H23N3O2. The van der Waals surface area contributed by atoms with Crippen molar-refractivity contribution in [3.63, 3.8) is 0 Å². The minimum atomic E-state index is -0.279.